The van der Waals surface area contributed by atoms with Crippen molar-refractivity contribution in [3.8, 4) is 5.75 Å². The molecule has 0 fully saturated rings. The van der Waals surface area contributed by atoms with Crippen LogP contribution in [0.25, 0.3) is 0 Å². The maximum absolute atomic E-state index is 9.55. The van der Waals surface area contributed by atoms with Gasteiger partial charge in [0.05, 0.1) is 11.1 Å². The van der Waals surface area contributed by atoms with Crippen LogP contribution >= 0.6 is 23.2 Å². The van der Waals surface area contributed by atoms with Gasteiger partial charge in [-0.2, -0.15) is 0 Å². The van der Waals surface area contributed by atoms with E-state index in [1.807, 2.05) is 7.05 Å². The van der Waals surface area contributed by atoms with E-state index < -0.39 is 11.9 Å². The van der Waals surface area contributed by atoms with Crippen LogP contribution < -0.4 is 10.1 Å². The average Bonchev–Trinajstić information content (AvgIpc) is 2.59. The Morgan fingerprint density at radius 2 is 1.81 bits per heavy atom. The smallest absolute Gasteiger partial charge is 0.328 e. The monoisotopic (exact) mass is 405 g/mol. The molecule has 26 heavy (non-hydrogen) atoms. The first kappa shape index (κ1) is 24.2. The molecule has 0 aliphatic rings. The van der Waals surface area contributed by atoms with Gasteiger partial charge in [-0.25, -0.2) is 9.59 Å². The summed E-state index contributed by atoms with van der Waals surface area (Å²) in [5.41, 5.74) is 0. The molecule has 0 aliphatic heterocycles. The zero-order chi connectivity index (χ0) is 19.9. The second-order valence-electron chi connectivity index (χ2n) is 5.36. The van der Waals surface area contributed by atoms with E-state index in [0.29, 0.717) is 27.9 Å². The minimum Gasteiger partial charge on any atom is -0.489 e. The van der Waals surface area contributed by atoms with Crippen LogP contribution in [-0.2, 0) is 9.59 Å². The third-order valence-corrected chi connectivity index (χ3v) is 3.70. The Morgan fingerprint density at radius 3 is 2.31 bits per heavy atom. The second kappa shape index (κ2) is 14.4. The molecule has 3 N–H and O–H groups in total. The molecule has 0 aromatic heterocycles. The number of nitrogens with one attached hydrogen (secondary N) is 1. The molecule has 1 aromatic carbocycles. The maximum Gasteiger partial charge on any atom is 0.328 e. The summed E-state index contributed by atoms with van der Waals surface area (Å²) in [4.78, 5) is 19.1. The van der Waals surface area contributed by atoms with Crippen molar-refractivity contribution in [2.24, 2.45) is 0 Å². The van der Waals surface area contributed by atoms with Gasteiger partial charge >= 0.3 is 11.9 Å². The number of carboxylic acid groups (broad SMARTS) is 2. The molecule has 0 amide bonds. The average molecular weight is 406 g/mol. The van der Waals surface area contributed by atoms with Crippen LogP contribution in [0, 0.1) is 0 Å². The molecule has 0 aliphatic carbocycles. The minimum absolute atomic E-state index is 0.188. The van der Waals surface area contributed by atoms with Crippen LogP contribution in [0.15, 0.2) is 30.4 Å². The lowest BCUT2D eigenvalue weighted by molar-refractivity contribution is -0.134. The SMILES string of the molecule is CCCCC(CCNC)Oc1cc(Cl)ccc1Cl.O=C(O)C=CC(=O)O. The van der Waals surface area contributed by atoms with E-state index in [4.69, 9.17) is 38.2 Å². The molecule has 0 heterocycles. The number of carbonyl (C=O) groups is 2. The van der Waals surface area contributed by atoms with E-state index in [1.165, 1.54) is 6.42 Å². The number of benzene rings is 1. The first-order valence-corrected chi connectivity index (χ1v) is 8.96. The quantitative estimate of drug-likeness (QED) is 0.503. The Kier molecular flexibility index (Phi) is 13.4. The summed E-state index contributed by atoms with van der Waals surface area (Å²) in [6, 6.07) is 5.32. The van der Waals surface area contributed by atoms with Gasteiger partial charge in [-0.05, 0) is 38.6 Å². The van der Waals surface area contributed by atoms with Crippen molar-refractivity contribution in [2.75, 3.05) is 13.6 Å². The predicted octanol–water partition coefficient (Wildman–Crippen LogP) is 4.25. The van der Waals surface area contributed by atoms with E-state index in [-0.39, 0.29) is 6.10 Å². The summed E-state index contributed by atoms with van der Waals surface area (Å²) in [7, 11) is 1.95. The van der Waals surface area contributed by atoms with Crippen molar-refractivity contribution >= 4 is 35.1 Å². The lowest BCUT2D eigenvalue weighted by Crippen LogP contribution is -2.22. The summed E-state index contributed by atoms with van der Waals surface area (Å²) in [6.07, 6.45) is 5.65. The van der Waals surface area contributed by atoms with Gasteiger partial charge in [0.15, 0.2) is 0 Å². The highest BCUT2D eigenvalue weighted by Gasteiger charge is 2.12. The summed E-state index contributed by atoms with van der Waals surface area (Å²) in [5.74, 6) is -1.83. The first-order valence-electron chi connectivity index (χ1n) is 8.20. The van der Waals surface area contributed by atoms with E-state index in [0.717, 1.165) is 25.8 Å². The molecule has 0 bridgehead atoms. The van der Waals surface area contributed by atoms with Crippen molar-refractivity contribution in [1.29, 1.82) is 0 Å². The summed E-state index contributed by atoms with van der Waals surface area (Å²) in [5, 5.41) is 20.0. The fourth-order valence-corrected chi connectivity index (χ4v) is 2.21. The van der Waals surface area contributed by atoms with Crippen LogP contribution in [-0.4, -0.2) is 41.8 Å². The number of halogens is 2. The summed E-state index contributed by atoms with van der Waals surface area (Å²) in [6.45, 7) is 3.12. The van der Waals surface area contributed by atoms with Crippen molar-refractivity contribution in [1.82, 2.24) is 5.32 Å². The third-order valence-electron chi connectivity index (χ3n) is 3.15. The molecule has 0 saturated heterocycles. The molecule has 1 aromatic rings. The Bertz CT molecular complexity index is 569. The minimum atomic E-state index is -1.26. The molecule has 0 spiro atoms. The van der Waals surface area contributed by atoms with Crippen LogP contribution in [0.3, 0.4) is 0 Å². The summed E-state index contributed by atoms with van der Waals surface area (Å²) < 4.78 is 5.97. The van der Waals surface area contributed by atoms with Crippen LogP contribution in [0.2, 0.25) is 10.0 Å². The molecule has 1 rings (SSSR count). The lowest BCUT2D eigenvalue weighted by atomic mass is 10.1. The number of unbranched alkanes of at least 4 members (excludes halogenated alkanes) is 1. The highest BCUT2D eigenvalue weighted by Crippen LogP contribution is 2.29. The molecule has 8 heteroatoms. The number of aliphatic carboxylic acids is 2. The Balaban J connectivity index is 0.000000660. The highest BCUT2D eigenvalue weighted by molar-refractivity contribution is 6.34. The van der Waals surface area contributed by atoms with Gasteiger partial charge in [-0.3, -0.25) is 0 Å². The van der Waals surface area contributed by atoms with Crippen molar-refractivity contribution in [3.05, 3.63) is 40.4 Å². The largest absolute Gasteiger partial charge is 0.489 e. The van der Waals surface area contributed by atoms with Crippen molar-refractivity contribution in [2.45, 2.75) is 38.7 Å². The fraction of sp³-hybridized carbons (Fsp3) is 0.444. The zero-order valence-corrected chi connectivity index (χ0v) is 16.4. The fourth-order valence-electron chi connectivity index (χ4n) is 1.89. The van der Waals surface area contributed by atoms with Gasteiger partial charge in [0.25, 0.3) is 0 Å². The van der Waals surface area contributed by atoms with Gasteiger partial charge in [-0.15, -0.1) is 0 Å². The summed E-state index contributed by atoms with van der Waals surface area (Å²) >= 11 is 12.1. The lowest BCUT2D eigenvalue weighted by Gasteiger charge is -2.20. The zero-order valence-electron chi connectivity index (χ0n) is 14.9. The molecular weight excluding hydrogens is 381 g/mol. The van der Waals surface area contributed by atoms with Crippen molar-refractivity contribution < 1.29 is 24.5 Å². The van der Waals surface area contributed by atoms with Crippen LogP contribution in [0.1, 0.15) is 32.6 Å². The Morgan fingerprint density at radius 1 is 1.19 bits per heavy atom. The Labute approximate surface area is 163 Å². The van der Waals surface area contributed by atoms with Gasteiger partial charge in [0.2, 0.25) is 0 Å². The van der Waals surface area contributed by atoms with Gasteiger partial charge in [0, 0.05) is 23.2 Å². The number of carboxylic acids is 2. The third kappa shape index (κ3) is 12.6. The predicted molar refractivity (Wildman–Crippen MR) is 103 cm³/mol. The normalized spacial score (nSPS) is 11.5. The Hall–Kier alpha value is -1.76. The van der Waals surface area contributed by atoms with E-state index in [2.05, 4.69) is 12.2 Å². The molecule has 1 atom stereocenters. The first-order chi connectivity index (χ1) is 12.3. The standard InChI is InChI=1S/C14H21Cl2NO.C4H4O4/c1-3-4-5-12(8-9-17-2)18-14-10-11(15)6-7-13(14)16;5-3(6)1-2-4(7)8/h6-7,10,12,17H,3-5,8-9H2,1-2H3;1-2H,(H,5,6)(H,7,8). The molecular formula is C18H25Cl2NO5. The molecule has 0 radical (unpaired) electrons. The number of hydrogen-bond donors (Lipinski definition) is 3. The molecule has 146 valence electrons. The van der Waals surface area contributed by atoms with Crippen molar-refractivity contribution in [3.63, 3.8) is 0 Å². The van der Waals surface area contributed by atoms with Crippen LogP contribution in [0.4, 0.5) is 0 Å². The molecule has 1 unspecified atom stereocenters. The van der Waals surface area contributed by atoms with Gasteiger partial charge < -0.3 is 20.3 Å². The van der Waals surface area contributed by atoms with E-state index in [1.54, 1.807) is 18.2 Å². The van der Waals surface area contributed by atoms with Gasteiger partial charge in [-0.1, -0.05) is 43.0 Å². The van der Waals surface area contributed by atoms with E-state index >= 15 is 0 Å². The topological polar surface area (TPSA) is 95.9 Å². The maximum atomic E-state index is 9.55. The van der Waals surface area contributed by atoms with Crippen LogP contribution in [0.5, 0.6) is 5.75 Å². The molecule has 0 saturated carbocycles. The molecule has 6 nitrogen and oxygen atoms in total. The number of rotatable bonds is 10. The number of hydrogen-bond acceptors (Lipinski definition) is 4. The van der Waals surface area contributed by atoms with E-state index in [9.17, 15) is 9.59 Å². The van der Waals surface area contributed by atoms with Gasteiger partial charge in [0.1, 0.15) is 5.75 Å². The highest BCUT2D eigenvalue weighted by atomic mass is 35.5. The second-order valence-corrected chi connectivity index (χ2v) is 6.20. The number of ether oxygens (including phenoxy) is 1.